The van der Waals surface area contributed by atoms with Gasteiger partial charge in [0.2, 0.25) is 0 Å². The van der Waals surface area contributed by atoms with E-state index in [0.717, 1.165) is 5.56 Å². The van der Waals surface area contributed by atoms with Gasteiger partial charge in [-0.3, -0.25) is 23.7 Å². The van der Waals surface area contributed by atoms with Crippen molar-refractivity contribution in [2.75, 3.05) is 0 Å². The number of aromatic nitrogens is 3. The molecule has 152 valence electrons. The lowest BCUT2D eigenvalue weighted by Gasteiger charge is -2.13. The Kier molecular flexibility index (Phi) is 4.51. The van der Waals surface area contributed by atoms with Crippen LogP contribution in [0, 0.1) is 0 Å². The first-order valence-corrected chi connectivity index (χ1v) is 9.73. The number of hydrogen-bond acceptors (Lipinski definition) is 5. The van der Waals surface area contributed by atoms with Crippen molar-refractivity contribution in [1.82, 2.24) is 24.8 Å². The number of nitrogens with zero attached hydrogens (tertiary/aromatic N) is 4. The second kappa shape index (κ2) is 7.49. The van der Waals surface area contributed by atoms with E-state index in [2.05, 4.69) is 15.5 Å². The summed E-state index contributed by atoms with van der Waals surface area (Å²) < 4.78 is 1.78. The van der Waals surface area contributed by atoms with Crippen molar-refractivity contribution in [3.8, 4) is 0 Å². The van der Waals surface area contributed by atoms with E-state index >= 15 is 0 Å². The molecule has 0 radical (unpaired) electrons. The van der Waals surface area contributed by atoms with Gasteiger partial charge in [0.1, 0.15) is 0 Å². The van der Waals surface area contributed by atoms with Gasteiger partial charge in [-0.25, -0.2) is 0 Å². The number of benzene rings is 2. The van der Waals surface area contributed by atoms with Gasteiger partial charge in [-0.1, -0.05) is 36.4 Å². The van der Waals surface area contributed by atoms with Gasteiger partial charge in [0.15, 0.2) is 11.5 Å². The number of pyridine rings is 1. The lowest BCUT2D eigenvalue weighted by molar-refractivity contribution is 0.0642. The molecule has 1 N–H and O–H groups in total. The van der Waals surface area contributed by atoms with Crippen molar-refractivity contribution in [1.29, 1.82) is 0 Å². The first kappa shape index (κ1) is 18.7. The van der Waals surface area contributed by atoms with E-state index in [-0.39, 0.29) is 30.5 Å². The molecular formula is C23H17N5O3. The molecule has 0 spiro atoms. The van der Waals surface area contributed by atoms with Gasteiger partial charge in [0.05, 0.1) is 24.2 Å². The van der Waals surface area contributed by atoms with Gasteiger partial charge in [-0.05, 0) is 35.9 Å². The molecule has 0 unspecified atom stereocenters. The van der Waals surface area contributed by atoms with Crippen LogP contribution in [0.3, 0.4) is 0 Å². The van der Waals surface area contributed by atoms with Crippen LogP contribution in [0.4, 0.5) is 0 Å². The smallest absolute Gasteiger partial charge is 0.261 e. The van der Waals surface area contributed by atoms with Gasteiger partial charge in [0, 0.05) is 11.8 Å². The predicted molar refractivity (Wildman–Crippen MR) is 111 cm³/mol. The number of amides is 3. The van der Waals surface area contributed by atoms with Crippen LogP contribution in [0.25, 0.3) is 5.65 Å². The number of fused-ring (bicyclic) bond motifs is 2. The molecular weight excluding hydrogens is 394 g/mol. The summed E-state index contributed by atoms with van der Waals surface area (Å²) in [5, 5.41) is 10.9. The Hall–Kier alpha value is -4.33. The fourth-order valence-corrected chi connectivity index (χ4v) is 3.61. The molecule has 8 heteroatoms. The number of imide groups is 1. The fraction of sp³-hybridized carbons (Fsp3) is 0.0870. The van der Waals surface area contributed by atoms with Crippen LogP contribution in [0.1, 0.15) is 42.5 Å². The molecule has 2 aromatic carbocycles. The molecule has 0 atom stereocenters. The van der Waals surface area contributed by atoms with Crippen LogP contribution >= 0.6 is 0 Å². The summed E-state index contributed by atoms with van der Waals surface area (Å²) in [5.41, 5.74) is 2.39. The minimum atomic E-state index is -0.401. The van der Waals surface area contributed by atoms with Crippen LogP contribution in [-0.4, -0.2) is 37.2 Å². The van der Waals surface area contributed by atoms with Crippen molar-refractivity contribution in [3.63, 3.8) is 0 Å². The Labute approximate surface area is 177 Å². The zero-order valence-corrected chi connectivity index (χ0v) is 16.4. The predicted octanol–water partition coefficient (Wildman–Crippen LogP) is 2.46. The van der Waals surface area contributed by atoms with Crippen molar-refractivity contribution >= 4 is 23.4 Å². The Morgan fingerprint density at radius 2 is 1.65 bits per heavy atom. The highest BCUT2D eigenvalue weighted by molar-refractivity contribution is 6.22. The standard InChI is InChI=1S/C23H17N5O3/c29-21(24-13-20-26-25-19-8-4-5-11-27(19)20)16-9-10-17-18(12-16)23(31)28(22(17)30)14-15-6-2-1-3-7-15/h1-12H,13-14H2,(H,24,29). The largest absolute Gasteiger partial charge is 0.345 e. The molecule has 1 aliphatic rings. The minimum absolute atomic E-state index is 0.175. The summed E-state index contributed by atoms with van der Waals surface area (Å²) in [6, 6.07) is 19.4. The maximum absolute atomic E-state index is 12.8. The van der Waals surface area contributed by atoms with Crippen LogP contribution in [-0.2, 0) is 13.1 Å². The summed E-state index contributed by atoms with van der Waals surface area (Å²) >= 11 is 0. The third-order valence-electron chi connectivity index (χ3n) is 5.21. The second-order valence-electron chi connectivity index (χ2n) is 7.17. The molecule has 2 aromatic heterocycles. The van der Waals surface area contributed by atoms with Crippen LogP contribution in [0.15, 0.2) is 72.9 Å². The highest BCUT2D eigenvalue weighted by Gasteiger charge is 2.36. The Morgan fingerprint density at radius 3 is 2.48 bits per heavy atom. The van der Waals surface area contributed by atoms with E-state index in [1.54, 1.807) is 10.5 Å². The highest BCUT2D eigenvalue weighted by atomic mass is 16.2. The van der Waals surface area contributed by atoms with Crippen LogP contribution in [0.2, 0.25) is 0 Å². The number of nitrogens with one attached hydrogen (secondary N) is 1. The fourth-order valence-electron chi connectivity index (χ4n) is 3.61. The SMILES string of the molecule is O=C(NCc1nnc2ccccn12)c1ccc2c(c1)C(=O)N(Cc1ccccc1)C2=O. The lowest BCUT2D eigenvalue weighted by Crippen LogP contribution is -2.29. The third kappa shape index (κ3) is 3.33. The molecule has 3 amide bonds. The topological polar surface area (TPSA) is 96.7 Å². The molecule has 0 saturated heterocycles. The van der Waals surface area contributed by atoms with E-state index in [9.17, 15) is 14.4 Å². The molecule has 3 heterocycles. The Morgan fingerprint density at radius 1 is 0.871 bits per heavy atom. The van der Waals surface area contributed by atoms with Gasteiger partial charge in [0.25, 0.3) is 17.7 Å². The average molecular weight is 411 g/mol. The molecule has 31 heavy (non-hydrogen) atoms. The van der Waals surface area contributed by atoms with Crippen molar-refractivity contribution in [2.24, 2.45) is 0 Å². The Balaban J connectivity index is 1.33. The van der Waals surface area contributed by atoms with E-state index in [1.165, 1.54) is 17.0 Å². The number of carbonyl (C=O) groups is 3. The van der Waals surface area contributed by atoms with Gasteiger partial charge in [-0.15, -0.1) is 10.2 Å². The quantitative estimate of drug-likeness (QED) is 0.509. The molecule has 0 bridgehead atoms. The Bertz CT molecular complexity index is 1330. The maximum Gasteiger partial charge on any atom is 0.261 e. The zero-order chi connectivity index (χ0) is 21.4. The molecule has 0 aliphatic carbocycles. The molecule has 0 fully saturated rings. The maximum atomic E-state index is 12.8. The van der Waals surface area contributed by atoms with Crippen molar-refractivity contribution in [2.45, 2.75) is 13.1 Å². The second-order valence-corrected chi connectivity index (χ2v) is 7.17. The monoisotopic (exact) mass is 411 g/mol. The molecule has 5 rings (SSSR count). The zero-order valence-electron chi connectivity index (χ0n) is 16.4. The van der Waals surface area contributed by atoms with Crippen molar-refractivity contribution < 1.29 is 14.4 Å². The van der Waals surface area contributed by atoms with E-state index in [1.807, 2.05) is 54.7 Å². The van der Waals surface area contributed by atoms with Crippen LogP contribution < -0.4 is 5.32 Å². The number of hydrogen-bond donors (Lipinski definition) is 1. The first-order chi connectivity index (χ1) is 15.1. The van der Waals surface area contributed by atoms with Crippen LogP contribution in [0.5, 0.6) is 0 Å². The number of rotatable bonds is 5. The van der Waals surface area contributed by atoms with E-state index < -0.39 is 5.91 Å². The summed E-state index contributed by atoms with van der Waals surface area (Å²) in [5.74, 6) is -0.532. The van der Waals surface area contributed by atoms with Crippen molar-refractivity contribution in [3.05, 3.63) is 101 Å². The number of carbonyl (C=O) groups excluding carboxylic acids is 3. The normalized spacial score (nSPS) is 13.0. The first-order valence-electron chi connectivity index (χ1n) is 9.73. The van der Waals surface area contributed by atoms with E-state index in [4.69, 9.17) is 0 Å². The highest BCUT2D eigenvalue weighted by Crippen LogP contribution is 2.25. The van der Waals surface area contributed by atoms with Gasteiger partial charge < -0.3 is 5.32 Å². The molecule has 0 saturated carbocycles. The molecule has 4 aromatic rings. The minimum Gasteiger partial charge on any atom is -0.345 e. The molecule has 8 nitrogen and oxygen atoms in total. The van der Waals surface area contributed by atoms with E-state index in [0.29, 0.717) is 22.6 Å². The summed E-state index contributed by atoms with van der Waals surface area (Å²) in [6.45, 7) is 0.364. The van der Waals surface area contributed by atoms with Gasteiger partial charge >= 0.3 is 0 Å². The summed E-state index contributed by atoms with van der Waals surface area (Å²) in [7, 11) is 0. The van der Waals surface area contributed by atoms with Gasteiger partial charge in [-0.2, -0.15) is 0 Å². The third-order valence-corrected chi connectivity index (χ3v) is 5.21. The summed E-state index contributed by atoms with van der Waals surface area (Å²) in [6.07, 6.45) is 1.82. The summed E-state index contributed by atoms with van der Waals surface area (Å²) in [4.78, 5) is 39.4. The molecule has 1 aliphatic heterocycles. The average Bonchev–Trinajstić information content (AvgIpc) is 3.32. The lowest BCUT2D eigenvalue weighted by atomic mass is 10.1.